The first-order chi connectivity index (χ1) is 6.82. The molecule has 1 atom stereocenters. The highest BCUT2D eigenvalue weighted by atomic mass is 19.4. The lowest BCUT2D eigenvalue weighted by Crippen LogP contribution is -2.52. The van der Waals surface area contributed by atoms with Gasteiger partial charge in [-0.2, -0.15) is 30.7 Å². The predicted molar refractivity (Wildman–Crippen MR) is 28.0 cm³/mol. The van der Waals surface area contributed by atoms with Gasteiger partial charge in [0.25, 0.3) is 0 Å². The minimum Gasteiger partial charge on any atom is -0.408 e. The first-order valence-corrected chi connectivity index (χ1v) is 3.16. The van der Waals surface area contributed by atoms with Crippen LogP contribution in [-0.4, -0.2) is 30.6 Å². The summed E-state index contributed by atoms with van der Waals surface area (Å²) in [6, 6.07) is 0. The monoisotopic (exact) mass is 264 g/mol. The molecule has 0 heterocycles. The molecule has 0 aliphatic rings. The number of hydrogen-bond acceptors (Lipinski definition) is 2. The third-order valence-electron chi connectivity index (χ3n) is 1.14. The molecule has 16 heavy (non-hydrogen) atoms. The summed E-state index contributed by atoms with van der Waals surface area (Å²) < 4.78 is 107. The fraction of sp³-hybridized carbons (Fsp3) is 0.800. The number of halogens is 9. The molecule has 0 aromatic heterocycles. The van der Waals surface area contributed by atoms with Gasteiger partial charge >= 0.3 is 30.6 Å². The van der Waals surface area contributed by atoms with Gasteiger partial charge in [-0.1, -0.05) is 0 Å². The summed E-state index contributed by atoms with van der Waals surface area (Å²) >= 11 is 0. The van der Waals surface area contributed by atoms with Crippen LogP contribution in [0.2, 0.25) is 0 Å². The van der Waals surface area contributed by atoms with Gasteiger partial charge in [-0.3, -0.25) is 0 Å². The largest absolute Gasteiger partial charge is 0.491 e. The molecule has 0 aliphatic carbocycles. The lowest BCUT2D eigenvalue weighted by atomic mass is 10.3. The maximum atomic E-state index is 12.4. The lowest BCUT2D eigenvalue weighted by molar-refractivity contribution is -0.362. The summed E-state index contributed by atoms with van der Waals surface area (Å²) in [6.07, 6.45) is -17.5. The Labute approximate surface area is 81.0 Å². The summed E-state index contributed by atoms with van der Waals surface area (Å²) in [5, 5.41) is 0. The highest BCUT2D eigenvalue weighted by molar-refractivity contribution is 5.76. The number of hydrogen-bond donors (Lipinski definition) is 0. The van der Waals surface area contributed by atoms with Crippen molar-refractivity contribution in [3.8, 4) is 0 Å². The SMILES string of the molecule is O=C(OC(F)(C(F)F)C(F)(F)F)C(F)(F)F. The van der Waals surface area contributed by atoms with Crippen molar-refractivity contribution in [3.05, 3.63) is 0 Å². The lowest BCUT2D eigenvalue weighted by Gasteiger charge is -2.26. The van der Waals surface area contributed by atoms with Gasteiger partial charge < -0.3 is 4.74 Å². The molecule has 0 aliphatic heterocycles. The van der Waals surface area contributed by atoms with E-state index >= 15 is 0 Å². The van der Waals surface area contributed by atoms with Gasteiger partial charge in [-0.05, 0) is 0 Å². The van der Waals surface area contributed by atoms with Crippen molar-refractivity contribution in [3.63, 3.8) is 0 Å². The summed E-state index contributed by atoms with van der Waals surface area (Å²) in [7, 11) is 0. The highest BCUT2D eigenvalue weighted by Crippen LogP contribution is 2.41. The number of alkyl halides is 9. The van der Waals surface area contributed by atoms with Crippen LogP contribution in [0.4, 0.5) is 39.5 Å². The van der Waals surface area contributed by atoms with Crippen LogP contribution in [0.15, 0.2) is 0 Å². The van der Waals surface area contributed by atoms with Crippen molar-refractivity contribution in [2.75, 3.05) is 0 Å². The quantitative estimate of drug-likeness (QED) is 0.566. The molecule has 0 spiro atoms. The van der Waals surface area contributed by atoms with Crippen molar-refractivity contribution in [2.45, 2.75) is 24.6 Å². The molecule has 2 nitrogen and oxygen atoms in total. The van der Waals surface area contributed by atoms with Gasteiger partial charge in [0.15, 0.2) is 0 Å². The van der Waals surface area contributed by atoms with Crippen molar-refractivity contribution < 1.29 is 49.0 Å². The van der Waals surface area contributed by atoms with E-state index in [9.17, 15) is 44.3 Å². The van der Waals surface area contributed by atoms with E-state index in [1.807, 2.05) is 0 Å². The predicted octanol–water partition coefficient (Wildman–Crippen LogP) is 2.59. The van der Waals surface area contributed by atoms with Crippen LogP contribution < -0.4 is 0 Å². The Morgan fingerprint density at radius 1 is 0.938 bits per heavy atom. The van der Waals surface area contributed by atoms with Crippen LogP contribution in [0.25, 0.3) is 0 Å². The third-order valence-corrected chi connectivity index (χ3v) is 1.14. The van der Waals surface area contributed by atoms with E-state index in [2.05, 4.69) is 4.74 Å². The Morgan fingerprint density at radius 3 is 1.50 bits per heavy atom. The number of carbonyl (C=O) groups excluding carboxylic acids is 1. The first kappa shape index (κ1) is 14.8. The Balaban J connectivity index is 5.07. The molecule has 11 heteroatoms. The summed E-state index contributed by atoms with van der Waals surface area (Å²) in [5.41, 5.74) is 0. The number of ether oxygens (including phenoxy) is 1. The van der Waals surface area contributed by atoms with Crippen LogP contribution in [0.1, 0.15) is 0 Å². The molecule has 0 amide bonds. The number of esters is 1. The van der Waals surface area contributed by atoms with E-state index in [-0.39, 0.29) is 0 Å². The fourth-order valence-electron chi connectivity index (χ4n) is 0.419. The molecule has 0 saturated carbocycles. The van der Waals surface area contributed by atoms with Gasteiger partial charge in [-0.15, -0.1) is 0 Å². The van der Waals surface area contributed by atoms with Crippen LogP contribution in [0.3, 0.4) is 0 Å². The fourth-order valence-corrected chi connectivity index (χ4v) is 0.419. The highest BCUT2D eigenvalue weighted by Gasteiger charge is 2.68. The molecular weight excluding hydrogens is 263 g/mol. The van der Waals surface area contributed by atoms with Gasteiger partial charge in [0.2, 0.25) is 0 Å². The second-order valence-electron chi connectivity index (χ2n) is 2.33. The van der Waals surface area contributed by atoms with Gasteiger partial charge in [0.05, 0.1) is 0 Å². The molecule has 1 unspecified atom stereocenters. The average Bonchev–Trinajstić information content (AvgIpc) is 1.99. The van der Waals surface area contributed by atoms with Gasteiger partial charge in [0, 0.05) is 0 Å². The van der Waals surface area contributed by atoms with Crippen molar-refractivity contribution in [2.24, 2.45) is 0 Å². The van der Waals surface area contributed by atoms with E-state index in [0.29, 0.717) is 0 Å². The molecule has 0 N–H and O–H groups in total. The Hall–Kier alpha value is -1.16. The Morgan fingerprint density at radius 2 is 1.31 bits per heavy atom. The maximum absolute atomic E-state index is 12.4. The minimum absolute atomic E-state index is 2.12. The first-order valence-electron chi connectivity index (χ1n) is 3.16. The molecule has 0 aromatic carbocycles. The molecule has 0 fully saturated rings. The smallest absolute Gasteiger partial charge is 0.408 e. The van der Waals surface area contributed by atoms with E-state index < -0.39 is 30.6 Å². The zero-order valence-corrected chi connectivity index (χ0v) is 6.80. The van der Waals surface area contributed by atoms with Crippen LogP contribution in [0.5, 0.6) is 0 Å². The topological polar surface area (TPSA) is 26.3 Å². The van der Waals surface area contributed by atoms with E-state index in [4.69, 9.17) is 0 Å². The van der Waals surface area contributed by atoms with Crippen LogP contribution >= 0.6 is 0 Å². The average molecular weight is 264 g/mol. The summed E-state index contributed by atoms with van der Waals surface area (Å²) in [4.78, 5) is 9.81. The normalized spacial score (nSPS) is 17.1. The van der Waals surface area contributed by atoms with Gasteiger partial charge in [0.1, 0.15) is 0 Å². The Bertz CT molecular complexity index is 266. The molecule has 0 bridgehead atoms. The Kier molecular flexibility index (Phi) is 3.72. The molecule has 0 rings (SSSR count). The maximum Gasteiger partial charge on any atom is 0.491 e. The standard InChI is InChI=1S/C5HF9O2/c6-1(7)3(8,5(12,13)14)16-2(15)4(9,10)11/h1H. The number of rotatable bonds is 2. The molecule has 96 valence electrons. The summed E-state index contributed by atoms with van der Waals surface area (Å²) in [5.74, 6) is -9.69. The van der Waals surface area contributed by atoms with E-state index in [1.54, 1.807) is 0 Å². The van der Waals surface area contributed by atoms with Crippen LogP contribution in [-0.2, 0) is 9.53 Å². The number of carbonyl (C=O) groups is 1. The zero-order chi connectivity index (χ0) is 13.4. The van der Waals surface area contributed by atoms with Crippen molar-refractivity contribution in [1.82, 2.24) is 0 Å². The second-order valence-corrected chi connectivity index (χ2v) is 2.33. The van der Waals surface area contributed by atoms with Gasteiger partial charge in [-0.25, -0.2) is 13.6 Å². The summed E-state index contributed by atoms with van der Waals surface area (Å²) in [6.45, 7) is 0. The van der Waals surface area contributed by atoms with Crippen molar-refractivity contribution >= 4 is 5.97 Å². The molecular formula is C5HF9O2. The van der Waals surface area contributed by atoms with Crippen LogP contribution in [0, 0.1) is 0 Å². The molecule has 0 saturated heterocycles. The molecule has 0 radical (unpaired) electrons. The van der Waals surface area contributed by atoms with E-state index in [1.165, 1.54) is 0 Å². The third kappa shape index (κ3) is 2.92. The second kappa shape index (κ2) is 4.01. The van der Waals surface area contributed by atoms with Crippen molar-refractivity contribution in [1.29, 1.82) is 0 Å². The van der Waals surface area contributed by atoms with E-state index in [0.717, 1.165) is 0 Å². The molecule has 0 aromatic rings. The zero-order valence-electron chi connectivity index (χ0n) is 6.80. The minimum atomic E-state index is -6.48.